The van der Waals surface area contributed by atoms with Gasteiger partial charge in [0, 0.05) is 18.1 Å². The Balaban J connectivity index is 2.04. The Morgan fingerprint density at radius 1 is 1.20 bits per heavy atom. The van der Waals surface area contributed by atoms with Crippen molar-refractivity contribution in [1.29, 1.82) is 0 Å². The molecule has 0 saturated heterocycles. The van der Waals surface area contributed by atoms with Crippen LogP contribution in [0.15, 0.2) is 30.5 Å². The number of hydrogen-bond donors (Lipinski definition) is 1. The molecule has 2 aromatic rings. The van der Waals surface area contributed by atoms with E-state index in [0.717, 1.165) is 6.54 Å². The molecular formula is C18H23N3O4. The molecule has 1 N–H and O–H groups in total. The number of fused-ring (bicyclic) bond motifs is 1. The summed E-state index contributed by atoms with van der Waals surface area (Å²) in [5.74, 6) is -0.604. The molecule has 7 nitrogen and oxygen atoms in total. The van der Waals surface area contributed by atoms with Crippen LogP contribution in [0, 0.1) is 0 Å². The monoisotopic (exact) mass is 345 g/mol. The molecular weight excluding hydrogens is 322 g/mol. The van der Waals surface area contributed by atoms with Gasteiger partial charge in [-0.05, 0) is 26.2 Å². The third-order valence-electron chi connectivity index (χ3n) is 3.61. The maximum Gasteiger partial charge on any atom is 0.338 e. The zero-order valence-corrected chi connectivity index (χ0v) is 14.7. The van der Waals surface area contributed by atoms with E-state index < -0.39 is 5.97 Å². The molecule has 1 heterocycles. The maximum atomic E-state index is 12.1. The van der Waals surface area contributed by atoms with Crippen molar-refractivity contribution in [2.24, 2.45) is 0 Å². The molecule has 0 aliphatic heterocycles. The molecule has 7 heteroatoms. The van der Waals surface area contributed by atoms with Crippen LogP contribution >= 0.6 is 0 Å². The first-order valence-electron chi connectivity index (χ1n) is 8.01. The van der Waals surface area contributed by atoms with Gasteiger partial charge in [0.1, 0.15) is 0 Å². The topological polar surface area (TPSA) is 80.8 Å². The van der Waals surface area contributed by atoms with E-state index in [-0.39, 0.29) is 12.3 Å². The number of ether oxygens (including phenoxy) is 2. The minimum Gasteiger partial charge on any atom is -0.465 e. The number of para-hydroxylation sites is 1. The highest BCUT2D eigenvalue weighted by molar-refractivity contribution is 6.08. The van der Waals surface area contributed by atoms with Crippen molar-refractivity contribution in [3.63, 3.8) is 0 Å². The molecule has 0 fully saturated rings. The lowest BCUT2D eigenvalue weighted by Crippen LogP contribution is -2.20. The Hall–Kier alpha value is -2.51. The summed E-state index contributed by atoms with van der Waals surface area (Å²) in [5, 5.41) is 3.46. The minimum absolute atomic E-state index is 0.164. The summed E-state index contributed by atoms with van der Waals surface area (Å²) >= 11 is 0. The molecule has 1 aromatic heterocycles. The molecule has 1 aromatic carbocycles. The standard InChI is InChI=1S/C18H23N3O4/c1-21(2)10-12-25-11-8-16(22)20-15-6-4-5-13-14(18(23)24-3)7-9-19-17(13)15/h4-7,9H,8,10-12H2,1-3H3,(H,20,22). The number of hydrogen-bond acceptors (Lipinski definition) is 6. The Kier molecular flexibility index (Phi) is 6.85. The van der Waals surface area contributed by atoms with E-state index >= 15 is 0 Å². The van der Waals surface area contributed by atoms with E-state index in [2.05, 4.69) is 10.3 Å². The van der Waals surface area contributed by atoms with Crippen LogP contribution in [0.3, 0.4) is 0 Å². The number of nitrogens with zero attached hydrogens (tertiary/aromatic N) is 2. The third kappa shape index (κ3) is 5.23. The van der Waals surface area contributed by atoms with Crippen molar-refractivity contribution in [1.82, 2.24) is 9.88 Å². The number of likely N-dealkylation sites (N-methyl/N-ethyl adjacent to an activating group) is 1. The number of carbonyl (C=O) groups is 2. The second-order valence-corrected chi connectivity index (χ2v) is 5.77. The zero-order chi connectivity index (χ0) is 18.2. The quantitative estimate of drug-likeness (QED) is 0.582. The number of esters is 1. The SMILES string of the molecule is COC(=O)c1ccnc2c(NC(=O)CCOCCN(C)C)cccc12. The summed E-state index contributed by atoms with van der Waals surface area (Å²) < 4.78 is 10.2. The van der Waals surface area contributed by atoms with Gasteiger partial charge in [0.2, 0.25) is 5.91 Å². The summed E-state index contributed by atoms with van der Waals surface area (Å²) in [6.07, 6.45) is 1.77. The third-order valence-corrected chi connectivity index (χ3v) is 3.61. The highest BCUT2D eigenvalue weighted by Crippen LogP contribution is 2.24. The molecule has 0 atom stereocenters. The molecule has 0 bridgehead atoms. The normalized spacial score (nSPS) is 10.9. The van der Waals surface area contributed by atoms with Crippen molar-refractivity contribution in [3.05, 3.63) is 36.0 Å². The summed E-state index contributed by atoms with van der Waals surface area (Å²) in [5.41, 5.74) is 1.52. The average Bonchev–Trinajstić information content (AvgIpc) is 2.60. The van der Waals surface area contributed by atoms with Gasteiger partial charge >= 0.3 is 5.97 Å². The van der Waals surface area contributed by atoms with Gasteiger partial charge in [0.05, 0.1) is 43.5 Å². The molecule has 0 aliphatic carbocycles. The molecule has 25 heavy (non-hydrogen) atoms. The number of amides is 1. The lowest BCUT2D eigenvalue weighted by molar-refractivity contribution is -0.117. The molecule has 0 saturated carbocycles. The molecule has 2 rings (SSSR count). The second kappa shape index (κ2) is 9.10. The van der Waals surface area contributed by atoms with E-state index in [4.69, 9.17) is 9.47 Å². The number of pyridine rings is 1. The van der Waals surface area contributed by atoms with E-state index in [9.17, 15) is 9.59 Å². The number of methoxy groups -OCH3 is 1. The fourth-order valence-corrected chi connectivity index (χ4v) is 2.29. The van der Waals surface area contributed by atoms with Gasteiger partial charge in [-0.15, -0.1) is 0 Å². The van der Waals surface area contributed by atoms with Gasteiger partial charge in [0.15, 0.2) is 0 Å². The van der Waals surface area contributed by atoms with Crippen molar-refractivity contribution in [2.75, 3.05) is 46.3 Å². The summed E-state index contributed by atoms with van der Waals surface area (Å²) in [7, 11) is 5.26. The number of carbonyl (C=O) groups excluding carboxylic acids is 2. The van der Waals surface area contributed by atoms with Crippen molar-refractivity contribution in [2.45, 2.75) is 6.42 Å². The number of anilines is 1. The number of aromatic nitrogens is 1. The molecule has 0 spiro atoms. The molecule has 1 amide bonds. The first-order valence-corrected chi connectivity index (χ1v) is 8.01. The second-order valence-electron chi connectivity index (χ2n) is 5.77. The van der Waals surface area contributed by atoms with E-state index in [1.807, 2.05) is 19.0 Å². The van der Waals surface area contributed by atoms with Gasteiger partial charge in [-0.3, -0.25) is 9.78 Å². The fraction of sp³-hybridized carbons (Fsp3) is 0.389. The van der Waals surface area contributed by atoms with E-state index in [0.29, 0.717) is 35.4 Å². The Labute approximate surface area is 146 Å². The van der Waals surface area contributed by atoms with Crippen LogP contribution in [0.1, 0.15) is 16.8 Å². The Bertz CT molecular complexity index is 746. The Morgan fingerprint density at radius 3 is 2.72 bits per heavy atom. The first kappa shape index (κ1) is 18.8. The lowest BCUT2D eigenvalue weighted by atomic mass is 10.1. The predicted octanol–water partition coefficient (Wildman–Crippen LogP) is 1.93. The lowest BCUT2D eigenvalue weighted by Gasteiger charge is -2.11. The van der Waals surface area contributed by atoms with Crippen LogP contribution in [-0.2, 0) is 14.3 Å². The smallest absolute Gasteiger partial charge is 0.338 e. The average molecular weight is 345 g/mol. The van der Waals surface area contributed by atoms with Gasteiger partial charge in [0.25, 0.3) is 0 Å². The van der Waals surface area contributed by atoms with Gasteiger partial charge in [-0.25, -0.2) is 4.79 Å². The summed E-state index contributed by atoms with van der Waals surface area (Å²) in [4.78, 5) is 30.3. The van der Waals surface area contributed by atoms with Crippen LogP contribution in [0.4, 0.5) is 5.69 Å². The van der Waals surface area contributed by atoms with Gasteiger partial charge in [-0.1, -0.05) is 12.1 Å². The highest BCUT2D eigenvalue weighted by atomic mass is 16.5. The Morgan fingerprint density at radius 2 is 2.00 bits per heavy atom. The van der Waals surface area contributed by atoms with Gasteiger partial charge < -0.3 is 19.7 Å². The number of rotatable bonds is 8. The van der Waals surface area contributed by atoms with E-state index in [1.165, 1.54) is 13.3 Å². The summed E-state index contributed by atoms with van der Waals surface area (Å²) in [6.45, 7) is 1.75. The van der Waals surface area contributed by atoms with Crippen molar-refractivity contribution in [3.8, 4) is 0 Å². The maximum absolute atomic E-state index is 12.1. The van der Waals surface area contributed by atoms with Crippen LogP contribution in [0.5, 0.6) is 0 Å². The van der Waals surface area contributed by atoms with Gasteiger partial charge in [-0.2, -0.15) is 0 Å². The minimum atomic E-state index is -0.440. The first-order chi connectivity index (χ1) is 12.0. The molecule has 0 aliphatic rings. The van der Waals surface area contributed by atoms with Crippen LogP contribution in [0.2, 0.25) is 0 Å². The molecule has 0 radical (unpaired) electrons. The van der Waals surface area contributed by atoms with Crippen LogP contribution < -0.4 is 5.32 Å². The van der Waals surface area contributed by atoms with Crippen LogP contribution in [0.25, 0.3) is 10.9 Å². The highest BCUT2D eigenvalue weighted by Gasteiger charge is 2.13. The number of benzene rings is 1. The summed E-state index contributed by atoms with van der Waals surface area (Å²) in [6, 6.07) is 6.88. The van der Waals surface area contributed by atoms with E-state index in [1.54, 1.807) is 24.3 Å². The van der Waals surface area contributed by atoms with Crippen LogP contribution in [-0.4, -0.2) is 62.7 Å². The zero-order valence-electron chi connectivity index (χ0n) is 14.7. The largest absolute Gasteiger partial charge is 0.465 e. The fourth-order valence-electron chi connectivity index (χ4n) is 2.29. The predicted molar refractivity (Wildman–Crippen MR) is 95.7 cm³/mol. The van der Waals surface area contributed by atoms with Crippen molar-refractivity contribution < 1.29 is 19.1 Å². The molecule has 134 valence electrons. The molecule has 0 unspecified atom stereocenters. The number of nitrogens with one attached hydrogen (secondary N) is 1. The van der Waals surface area contributed by atoms with Crippen molar-refractivity contribution >= 4 is 28.5 Å².